The summed E-state index contributed by atoms with van der Waals surface area (Å²) in [5.74, 6) is 1.45. The van der Waals surface area contributed by atoms with Gasteiger partial charge in [-0.3, -0.25) is 4.79 Å². The lowest BCUT2D eigenvalue weighted by molar-refractivity contribution is -0.124. The zero-order chi connectivity index (χ0) is 11.4. The first-order chi connectivity index (χ1) is 7.81. The number of carbonyl (C=O) groups is 1. The van der Waals surface area contributed by atoms with E-state index < -0.39 is 0 Å². The maximum atomic E-state index is 11.6. The van der Waals surface area contributed by atoms with E-state index in [1.807, 2.05) is 0 Å². The lowest BCUT2D eigenvalue weighted by Gasteiger charge is -2.36. The maximum Gasteiger partial charge on any atom is 0.236 e. The van der Waals surface area contributed by atoms with Crippen molar-refractivity contribution in [2.24, 2.45) is 11.8 Å². The smallest absolute Gasteiger partial charge is 0.236 e. The van der Waals surface area contributed by atoms with Gasteiger partial charge in [-0.05, 0) is 44.1 Å². The number of nitrogens with one attached hydrogen (secondary N) is 2. The second-order valence-corrected chi connectivity index (χ2v) is 4.88. The lowest BCUT2D eigenvalue weighted by atomic mass is 9.79. The molecule has 1 amide bonds. The summed E-state index contributed by atoms with van der Waals surface area (Å²) in [4.78, 5) is 11.6. The molecule has 2 heterocycles. The van der Waals surface area contributed by atoms with E-state index in [0.717, 1.165) is 26.2 Å². The van der Waals surface area contributed by atoms with Gasteiger partial charge in [0.2, 0.25) is 5.91 Å². The maximum absolute atomic E-state index is 11.6. The Morgan fingerprint density at radius 2 is 2.25 bits per heavy atom. The van der Waals surface area contributed by atoms with Crippen LogP contribution in [-0.4, -0.2) is 38.8 Å². The number of amides is 1. The van der Waals surface area contributed by atoms with Crippen molar-refractivity contribution >= 4 is 5.91 Å². The molecule has 3 atom stereocenters. The molecule has 0 saturated carbocycles. The standard InChI is InChI=1S/C12H22N2O2/c1-13-12(15)11-7-9(4-5-14-11)10-3-2-6-16-8-10/h9-11,14H,2-8H2,1H3,(H,13,15). The first-order valence-electron chi connectivity index (χ1n) is 6.34. The highest BCUT2D eigenvalue weighted by Crippen LogP contribution is 2.30. The van der Waals surface area contributed by atoms with E-state index in [2.05, 4.69) is 10.6 Å². The predicted molar refractivity (Wildman–Crippen MR) is 62.1 cm³/mol. The second kappa shape index (κ2) is 5.64. The fourth-order valence-corrected chi connectivity index (χ4v) is 2.89. The van der Waals surface area contributed by atoms with Crippen LogP contribution in [0, 0.1) is 11.8 Å². The van der Waals surface area contributed by atoms with Crippen LogP contribution in [0.25, 0.3) is 0 Å². The molecule has 2 aliphatic rings. The van der Waals surface area contributed by atoms with Crippen molar-refractivity contribution in [3.63, 3.8) is 0 Å². The monoisotopic (exact) mass is 226 g/mol. The molecule has 0 bridgehead atoms. The summed E-state index contributed by atoms with van der Waals surface area (Å²) in [5.41, 5.74) is 0. The largest absolute Gasteiger partial charge is 0.381 e. The van der Waals surface area contributed by atoms with Crippen LogP contribution >= 0.6 is 0 Å². The van der Waals surface area contributed by atoms with Crippen molar-refractivity contribution in [3.8, 4) is 0 Å². The first-order valence-corrected chi connectivity index (χ1v) is 6.34. The molecule has 0 radical (unpaired) electrons. The highest BCUT2D eigenvalue weighted by molar-refractivity contribution is 5.81. The molecular formula is C12H22N2O2. The van der Waals surface area contributed by atoms with Crippen molar-refractivity contribution in [1.82, 2.24) is 10.6 Å². The molecule has 92 valence electrons. The van der Waals surface area contributed by atoms with Crippen molar-refractivity contribution in [1.29, 1.82) is 0 Å². The van der Waals surface area contributed by atoms with E-state index in [0.29, 0.717) is 11.8 Å². The lowest BCUT2D eigenvalue weighted by Crippen LogP contribution is -2.49. The van der Waals surface area contributed by atoms with E-state index in [1.165, 1.54) is 19.3 Å². The number of hydrogen-bond acceptors (Lipinski definition) is 3. The highest BCUT2D eigenvalue weighted by Gasteiger charge is 2.31. The van der Waals surface area contributed by atoms with E-state index in [4.69, 9.17) is 4.74 Å². The van der Waals surface area contributed by atoms with Gasteiger partial charge in [-0.25, -0.2) is 0 Å². The molecule has 0 aromatic carbocycles. The van der Waals surface area contributed by atoms with Crippen LogP contribution in [0.3, 0.4) is 0 Å². The number of likely N-dealkylation sites (N-methyl/N-ethyl adjacent to an activating group) is 1. The number of ether oxygens (including phenoxy) is 1. The summed E-state index contributed by atoms with van der Waals surface area (Å²) in [5, 5.41) is 6.01. The van der Waals surface area contributed by atoms with Crippen LogP contribution in [0.4, 0.5) is 0 Å². The molecule has 0 aliphatic carbocycles. The molecule has 2 N–H and O–H groups in total. The third kappa shape index (κ3) is 2.74. The van der Waals surface area contributed by atoms with E-state index >= 15 is 0 Å². The number of piperidine rings is 1. The normalized spacial score (nSPS) is 35.7. The van der Waals surface area contributed by atoms with Crippen molar-refractivity contribution in [3.05, 3.63) is 0 Å². The van der Waals surface area contributed by atoms with Crippen molar-refractivity contribution < 1.29 is 9.53 Å². The molecular weight excluding hydrogens is 204 g/mol. The van der Waals surface area contributed by atoms with Gasteiger partial charge in [0.05, 0.1) is 6.04 Å². The molecule has 0 aromatic rings. The van der Waals surface area contributed by atoms with Gasteiger partial charge in [-0.15, -0.1) is 0 Å². The Kier molecular flexibility index (Phi) is 4.18. The first kappa shape index (κ1) is 11.9. The van der Waals surface area contributed by atoms with Gasteiger partial charge in [-0.1, -0.05) is 0 Å². The SMILES string of the molecule is CNC(=O)C1CC(C2CCCOC2)CCN1. The molecule has 2 saturated heterocycles. The molecule has 2 rings (SSSR count). The quantitative estimate of drug-likeness (QED) is 0.722. The third-order valence-electron chi connectivity index (χ3n) is 3.87. The average Bonchev–Trinajstić information content (AvgIpc) is 2.39. The summed E-state index contributed by atoms with van der Waals surface area (Å²) < 4.78 is 5.54. The fourth-order valence-electron chi connectivity index (χ4n) is 2.89. The molecule has 3 unspecified atom stereocenters. The summed E-state index contributed by atoms with van der Waals surface area (Å²) in [7, 11) is 1.71. The third-order valence-corrected chi connectivity index (χ3v) is 3.87. The summed E-state index contributed by atoms with van der Waals surface area (Å²) in [6, 6.07) is 0.00526. The minimum Gasteiger partial charge on any atom is -0.381 e. The van der Waals surface area contributed by atoms with Gasteiger partial charge in [0, 0.05) is 20.3 Å². The Hall–Kier alpha value is -0.610. The summed E-state index contributed by atoms with van der Waals surface area (Å²) >= 11 is 0. The molecule has 0 spiro atoms. The molecule has 4 heteroatoms. The Bertz CT molecular complexity index is 239. The molecule has 4 nitrogen and oxygen atoms in total. The van der Waals surface area contributed by atoms with Crippen LogP contribution in [-0.2, 0) is 9.53 Å². The minimum atomic E-state index is 0.00526. The Balaban J connectivity index is 1.87. The predicted octanol–water partition coefficient (Wildman–Crippen LogP) is 0.527. The highest BCUT2D eigenvalue weighted by atomic mass is 16.5. The Morgan fingerprint density at radius 3 is 2.94 bits per heavy atom. The van der Waals surface area contributed by atoms with Crippen LogP contribution in [0.15, 0.2) is 0 Å². The Labute approximate surface area is 97.1 Å². The van der Waals surface area contributed by atoms with Crippen LogP contribution in [0.5, 0.6) is 0 Å². The van der Waals surface area contributed by atoms with Gasteiger partial charge in [-0.2, -0.15) is 0 Å². The summed E-state index contributed by atoms with van der Waals surface area (Å²) in [6.07, 6.45) is 4.60. The molecule has 2 aliphatic heterocycles. The fraction of sp³-hybridized carbons (Fsp3) is 0.917. The Morgan fingerprint density at radius 1 is 1.38 bits per heavy atom. The van der Waals surface area contributed by atoms with E-state index in [1.54, 1.807) is 7.05 Å². The summed E-state index contributed by atoms with van der Waals surface area (Å²) in [6.45, 7) is 2.77. The van der Waals surface area contributed by atoms with Gasteiger partial charge in [0.15, 0.2) is 0 Å². The molecule has 0 aromatic heterocycles. The zero-order valence-corrected chi connectivity index (χ0v) is 10.00. The zero-order valence-electron chi connectivity index (χ0n) is 10.00. The van der Waals surface area contributed by atoms with Gasteiger partial charge >= 0.3 is 0 Å². The number of rotatable bonds is 2. The molecule has 16 heavy (non-hydrogen) atoms. The average molecular weight is 226 g/mol. The van der Waals surface area contributed by atoms with E-state index in [-0.39, 0.29) is 11.9 Å². The van der Waals surface area contributed by atoms with Gasteiger partial charge < -0.3 is 15.4 Å². The minimum absolute atomic E-state index is 0.00526. The topological polar surface area (TPSA) is 50.4 Å². The van der Waals surface area contributed by atoms with Crippen molar-refractivity contribution in [2.45, 2.75) is 31.7 Å². The van der Waals surface area contributed by atoms with Crippen LogP contribution in [0.2, 0.25) is 0 Å². The number of hydrogen-bond donors (Lipinski definition) is 2. The number of carbonyl (C=O) groups excluding carboxylic acids is 1. The van der Waals surface area contributed by atoms with Crippen LogP contribution < -0.4 is 10.6 Å². The van der Waals surface area contributed by atoms with Crippen molar-refractivity contribution in [2.75, 3.05) is 26.8 Å². The van der Waals surface area contributed by atoms with Gasteiger partial charge in [0.1, 0.15) is 0 Å². The van der Waals surface area contributed by atoms with Crippen LogP contribution in [0.1, 0.15) is 25.7 Å². The molecule has 2 fully saturated rings. The van der Waals surface area contributed by atoms with Gasteiger partial charge in [0.25, 0.3) is 0 Å². The second-order valence-electron chi connectivity index (χ2n) is 4.88. The van der Waals surface area contributed by atoms with E-state index in [9.17, 15) is 4.79 Å².